The van der Waals surface area contributed by atoms with Crippen molar-refractivity contribution in [3.8, 4) is 0 Å². The molecular weight excluding hydrogens is 827 g/mol. The summed E-state index contributed by atoms with van der Waals surface area (Å²) in [6, 6.07) is -0.542. The minimum Gasteiger partial charge on any atom is -0.466 e. The molecule has 1 amide bonds. The predicted octanol–water partition coefficient (Wildman–Crippen LogP) is 18.6. The Morgan fingerprint density at radius 2 is 0.746 bits per heavy atom. The van der Waals surface area contributed by atoms with E-state index in [1.807, 2.05) is 0 Å². The van der Waals surface area contributed by atoms with Crippen molar-refractivity contribution >= 4 is 11.9 Å². The molecule has 0 aliphatic heterocycles. The van der Waals surface area contributed by atoms with Gasteiger partial charge in [0.1, 0.15) is 0 Å². The summed E-state index contributed by atoms with van der Waals surface area (Å²) in [5.41, 5.74) is 0. The van der Waals surface area contributed by atoms with Crippen LogP contribution in [0.15, 0.2) is 24.3 Å². The molecule has 0 spiro atoms. The number of esters is 1. The van der Waals surface area contributed by atoms with Crippen LogP contribution in [0.1, 0.15) is 328 Å². The van der Waals surface area contributed by atoms with Crippen LogP contribution in [0.25, 0.3) is 0 Å². The minimum atomic E-state index is -0.665. The van der Waals surface area contributed by atoms with Crippen molar-refractivity contribution in [1.29, 1.82) is 0 Å². The average Bonchev–Trinajstić information content (AvgIpc) is 3.33. The fourth-order valence-electron chi connectivity index (χ4n) is 9.38. The van der Waals surface area contributed by atoms with Crippen LogP contribution in [0, 0.1) is 0 Å². The molecule has 0 heterocycles. The second-order valence-electron chi connectivity index (χ2n) is 20.7. The maximum atomic E-state index is 12.5. The van der Waals surface area contributed by atoms with Gasteiger partial charge in [-0.15, -0.1) is 0 Å². The third-order valence-corrected chi connectivity index (χ3v) is 14.0. The lowest BCUT2D eigenvalue weighted by Crippen LogP contribution is -2.45. The van der Waals surface area contributed by atoms with Crippen LogP contribution in [0.4, 0.5) is 0 Å². The summed E-state index contributed by atoms with van der Waals surface area (Å²) in [7, 11) is 0. The molecule has 6 heteroatoms. The van der Waals surface area contributed by atoms with Crippen molar-refractivity contribution in [2.75, 3.05) is 13.2 Å². The molecule has 0 aromatic heterocycles. The SMILES string of the molecule is CCCCCC/C=C\C/C=C\CCCCCCCC(=O)OCCCCCCCCCCCCCCCCCCCCCCC(=O)NC(CO)C(O)CCCCCCCCCCCCCCCC. The number of carbonyl (C=O) groups excluding carboxylic acids is 2. The first-order chi connectivity index (χ1) is 33.0. The number of amides is 1. The molecule has 0 rings (SSSR count). The highest BCUT2D eigenvalue weighted by molar-refractivity contribution is 5.76. The smallest absolute Gasteiger partial charge is 0.305 e. The number of aliphatic hydroxyl groups is 2. The number of nitrogens with one attached hydrogen (secondary N) is 1. The van der Waals surface area contributed by atoms with E-state index in [-0.39, 0.29) is 18.5 Å². The number of unbranched alkanes of at least 4 members (excludes halogenated alkanes) is 41. The van der Waals surface area contributed by atoms with E-state index in [1.165, 1.54) is 244 Å². The van der Waals surface area contributed by atoms with Gasteiger partial charge in [0.2, 0.25) is 5.91 Å². The standard InChI is InChI=1S/C61H117NO5/c1-3-5-7-9-11-13-15-17-19-27-31-35-39-43-47-51-55-61(66)67-56-52-48-44-40-36-32-28-25-23-21-20-22-24-26-30-34-38-42-46-50-54-60(65)62-58(57-63)59(64)53-49-45-41-37-33-29-18-16-14-12-10-8-6-4-2/h13,15,19,27,58-59,63-64H,3-12,14,16-18,20-26,28-57H2,1-2H3,(H,62,65)/b15-13-,27-19-. The second kappa shape index (κ2) is 56.9. The van der Waals surface area contributed by atoms with Crippen LogP contribution < -0.4 is 5.32 Å². The van der Waals surface area contributed by atoms with Gasteiger partial charge in [-0.1, -0.05) is 282 Å². The normalized spacial score (nSPS) is 12.7. The first-order valence-electron chi connectivity index (χ1n) is 30.1. The summed E-state index contributed by atoms with van der Waals surface area (Å²) < 4.78 is 5.48. The highest BCUT2D eigenvalue weighted by atomic mass is 16.5. The van der Waals surface area contributed by atoms with Gasteiger partial charge in [-0.2, -0.15) is 0 Å². The number of rotatable bonds is 56. The van der Waals surface area contributed by atoms with Crippen molar-refractivity contribution in [3.05, 3.63) is 24.3 Å². The number of ether oxygens (including phenoxy) is 1. The monoisotopic (exact) mass is 944 g/mol. The molecule has 6 nitrogen and oxygen atoms in total. The Balaban J connectivity index is 3.39. The van der Waals surface area contributed by atoms with Crippen LogP contribution in [-0.4, -0.2) is 47.4 Å². The second-order valence-corrected chi connectivity index (χ2v) is 20.7. The van der Waals surface area contributed by atoms with Crippen LogP contribution >= 0.6 is 0 Å². The highest BCUT2D eigenvalue weighted by Crippen LogP contribution is 2.18. The van der Waals surface area contributed by atoms with Crippen molar-refractivity contribution in [2.24, 2.45) is 0 Å². The van der Waals surface area contributed by atoms with E-state index in [2.05, 4.69) is 43.5 Å². The third-order valence-electron chi connectivity index (χ3n) is 14.0. The van der Waals surface area contributed by atoms with Crippen LogP contribution in [-0.2, 0) is 14.3 Å². The first kappa shape index (κ1) is 65.3. The Hall–Kier alpha value is -1.66. The lowest BCUT2D eigenvalue weighted by Gasteiger charge is -2.22. The Morgan fingerprint density at radius 3 is 1.15 bits per heavy atom. The zero-order chi connectivity index (χ0) is 48.6. The van der Waals surface area contributed by atoms with E-state index in [0.29, 0.717) is 25.9 Å². The molecule has 3 N–H and O–H groups in total. The maximum Gasteiger partial charge on any atom is 0.305 e. The molecular formula is C61H117NO5. The van der Waals surface area contributed by atoms with Crippen molar-refractivity contribution in [3.63, 3.8) is 0 Å². The molecule has 0 bridgehead atoms. The molecule has 0 saturated heterocycles. The molecule has 0 fully saturated rings. The highest BCUT2D eigenvalue weighted by Gasteiger charge is 2.20. The molecule has 0 radical (unpaired) electrons. The summed E-state index contributed by atoms with van der Waals surface area (Å²) in [5.74, 6) is -0.0383. The van der Waals surface area contributed by atoms with E-state index < -0.39 is 12.1 Å². The Labute approximate surface area is 418 Å². The molecule has 67 heavy (non-hydrogen) atoms. The summed E-state index contributed by atoms with van der Waals surface area (Å²) >= 11 is 0. The summed E-state index contributed by atoms with van der Waals surface area (Å²) in [6.45, 7) is 4.94. The average molecular weight is 945 g/mol. The molecule has 0 aliphatic carbocycles. The quantitative estimate of drug-likeness (QED) is 0.0321. The lowest BCUT2D eigenvalue weighted by atomic mass is 10.0. The molecule has 2 unspecified atom stereocenters. The van der Waals surface area contributed by atoms with E-state index in [1.54, 1.807) is 0 Å². The van der Waals surface area contributed by atoms with Gasteiger partial charge in [0, 0.05) is 12.8 Å². The topological polar surface area (TPSA) is 95.9 Å². The third kappa shape index (κ3) is 53.5. The van der Waals surface area contributed by atoms with Crippen LogP contribution in [0.2, 0.25) is 0 Å². The van der Waals surface area contributed by atoms with Gasteiger partial charge in [-0.05, 0) is 57.8 Å². The largest absolute Gasteiger partial charge is 0.466 e. The molecule has 0 aromatic carbocycles. The van der Waals surface area contributed by atoms with E-state index >= 15 is 0 Å². The van der Waals surface area contributed by atoms with Gasteiger partial charge in [-0.3, -0.25) is 9.59 Å². The molecule has 396 valence electrons. The fraction of sp³-hybridized carbons (Fsp3) is 0.902. The van der Waals surface area contributed by atoms with Gasteiger partial charge in [-0.25, -0.2) is 0 Å². The number of hydrogen-bond acceptors (Lipinski definition) is 5. The lowest BCUT2D eigenvalue weighted by molar-refractivity contribution is -0.143. The van der Waals surface area contributed by atoms with Crippen LogP contribution in [0.5, 0.6) is 0 Å². The Bertz CT molecular complexity index is 1040. The summed E-state index contributed by atoms with van der Waals surface area (Å²) in [5, 5.41) is 23.3. The zero-order valence-corrected chi connectivity index (χ0v) is 45.1. The van der Waals surface area contributed by atoms with Crippen molar-refractivity contribution < 1.29 is 24.5 Å². The minimum absolute atomic E-state index is 0.00251. The number of aliphatic hydroxyl groups excluding tert-OH is 2. The van der Waals surface area contributed by atoms with Gasteiger partial charge < -0.3 is 20.3 Å². The Morgan fingerprint density at radius 1 is 0.418 bits per heavy atom. The molecule has 0 aromatic rings. The van der Waals surface area contributed by atoms with Gasteiger partial charge >= 0.3 is 5.97 Å². The number of carbonyl (C=O) groups is 2. The molecule has 0 aliphatic rings. The van der Waals surface area contributed by atoms with Gasteiger partial charge in [0.05, 0.1) is 25.4 Å². The zero-order valence-electron chi connectivity index (χ0n) is 45.1. The van der Waals surface area contributed by atoms with E-state index in [9.17, 15) is 19.8 Å². The predicted molar refractivity (Wildman–Crippen MR) is 292 cm³/mol. The first-order valence-corrected chi connectivity index (χ1v) is 30.1. The van der Waals surface area contributed by atoms with Crippen LogP contribution in [0.3, 0.4) is 0 Å². The van der Waals surface area contributed by atoms with Gasteiger partial charge in [0.25, 0.3) is 0 Å². The Kier molecular flexibility index (Phi) is 55.5. The summed E-state index contributed by atoms with van der Waals surface area (Å²) in [4.78, 5) is 24.5. The number of allylic oxidation sites excluding steroid dienone is 4. The van der Waals surface area contributed by atoms with E-state index in [4.69, 9.17) is 4.74 Å². The van der Waals surface area contributed by atoms with Crippen molar-refractivity contribution in [1.82, 2.24) is 5.32 Å². The molecule has 2 atom stereocenters. The summed E-state index contributed by atoms with van der Waals surface area (Å²) in [6.07, 6.45) is 68.9. The molecule has 0 saturated carbocycles. The van der Waals surface area contributed by atoms with Gasteiger partial charge in [0.15, 0.2) is 0 Å². The number of hydrogen-bond donors (Lipinski definition) is 3. The maximum absolute atomic E-state index is 12.5. The van der Waals surface area contributed by atoms with E-state index in [0.717, 1.165) is 51.4 Å². The fourth-order valence-corrected chi connectivity index (χ4v) is 9.38. The van der Waals surface area contributed by atoms with Crippen molar-refractivity contribution in [2.45, 2.75) is 341 Å².